The van der Waals surface area contributed by atoms with E-state index >= 15 is 0 Å². The second-order valence-corrected chi connectivity index (χ2v) is 4.62. The van der Waals surface area contributed by atoms with Crippen molar-refractivity contribution in [3.05, 3.63) is 0 Å². The topological polar surface area (TPSA) is 74.3 Å². The number of unbranched alkanes of at least 4 members (excludes halogenated alkanes) is 6. The van der Waals surface area contributed by atoms with Crippen molar-refractivity contribution < 1.29 is 89.4 Å². The first kappa shape index (κ1) is 63.1. The number of hydrogen-bond acceptors (Lipinski definition) is 4. The Kier molecular flexibility index (Phi) is 196. The van der Waals surface area contributed by atoms with E-state index in [0.29, 0.717) is 0 Å². The molecule has 0 aliphatic carbocycles. The van der Waals surface area contributed by atoms with Crippen LogP contribution in [0.25, 0.3) is 0 Å². The van der Waals surface area contributed by atoms with Crippen LogP contribution in [0.4, 0.5) is 0 Å². The van der Waals surface area contributed by atoms with Crippen LogP contribution in [-0.2, 0) is 14.4 Å². The molecule has 0 atom stereocenters. The number of aliphatic carboxylic acids is 1. The van der Waals surface area contributed by atoms with Gasteiger partial charge in [-0.25, -0.2) is 0 Å². The normalized spacial score (nSPS) is 6.52. The van der Waals surface area contributed by atoms with Crippen LogP contribution in [0.2, 0.25) is 0 Å². The molecule has 0 saturated carbocycles. The Hall–Kier alpha value is 10.7. The van der Waals surface area contributed by atoms with E-state index in [-0.39, 0.29) is 82.5 Å². The molecule has 0 spiro atoms. The van der Waals surface area contributed by atoms with E-state index in [9.17, 15) is 9.90 Å². The van der Waals surface area contributed by atoms with Gasteiger partial charge in [0.1, 0.15) is 0 Å². The fourth-order valence-corrected chi connectivity index (χ4v) is 1.23. The minimum atomic E-state index is -0.932. The number of carboxylic acid groups (broad SMARTS) is 1. The van der Waals surface area contributed by atoms with Crippen molar-refractivity contribution in [2.24, 2.45) is 0 Å². The van der Waals surface area contributed by atoms with Gasteiger partial charge in [0.05, 0.1) is 0 Å². The third-order valence-electron chi connectivity index (χ3n) is 2.40. The molecule has 12 heteroatoms. The molecule has 0 aromatic carbocycles. The maximum atomic E-state index is 9.76. The summed E-state index contributed by atoms with van der Waals surface area (Å²) in [5, 5.41) is 9.76. The molecule has 0 unspecified atom stereocenters. The Bertz CT molecular complexity index is 230. The number of carbonyl (C=O) groups excluding carboxylic acids is 3. The number of carboxylic acids is 1. The predicted octanol–water partition coefficient (Wildman–Crippen LogP) is -0.817. The molecule has 0 fully saturated rings. The fourth-order valence-electron chi connectivity index (χ4n) is 1.23. The molecule has 0 heterocycles. The third-order valence-corrected chi connectivity index (χ3v) is 2.40. The van der Waals surface area contributed by atoms with Crippen LogP contribution in [0.1, 0.15) is 103 Å². The van der Waals surface area contributed by atoms with Crippen LogP contribution in [0, 0.1) is 14.3 Å². The summed E-state index contributed by atoms with van der Waals surface area (Å²) in [7, 11) is 0. The van der Waals surface area contributed by atoms with Crippen molar-refractivity contribution in [2.75, 3.05) is 0 Å². The van der Waals surface area contributed by atoms with Crippen LogP contribution in [-0.4, -0.2) is 202 Å². The Morgan fingerprint density at radius 1 is 0.724 bits per heavy atom. The summed E-state index contributed by atoms with van der Waals surface area (Å²) in [4.78, 5) is 26.0. The quantitative estimate of drug-likeness (QED) is 0.238. The van der Waals surface area contributed by atoms with Crippen molar-refractivity contribution in [3.8, 4) is 0 Å². The van der Waals surface area contributed by atoms with Gasteiger partial charge in [0, 0.05) is 20.3 Å². The SMILES string of the molecule is CCCCC.CCCCC.CCCCCC(=O)[O-].O=C=O.[Am].[H+].[H+].[H-].[K+].[K][K].[K][K].[K][K]. The van der Waals surface area contributed by atoms with Crippen molar-refractivity contribution in [1.29, 1.82) is 0 Å². The molecular weight excluding hydrogens is 785 g/mol. The van der Waals surface area contributed by atoms with E-state index in [1.54, 1.807) is 0 Å². The monoisotopic (exact) mass is 820 g/mol. The molecule has 0 saturated heterocycles. The van der Waals surface area contributed by atoms with E-state index in [0.717, 1.165) is 19.3 Å². The molecule has 0 rings (SSSR count). The van der Waals surface area contributed by atoms with Crippen molar-refractivity contribution in [1.82, 2.24) is 0 Å². The fraction of sp³-hybridized carbons (Fsp3) is 0.882. The van der Waals surface area contributed by atoms with Gasteiger partial charge in [0.2, 0.25) is 0 Å². The molecule has 0 aromatic heterocycles. The molecule has 0 amide bonds. The Morgan fingerprint density at radius 3 is 1.03 bits per heavy atom. The van der Waals surface area contributed by atoms with E-state index in [1.165, 1.54) is 228 Å². The molecule has 0 aliphatic heterocycles. The standard InChI is InChI=1S/C6H12O2.2C5H12.CO2.Am.7K.H/c1-2-3-4-5-6(7)8;2*1-3-5-4-2;2-1-3;;;;;;;;;/h2-5H2,1H3,(H,7,8);2*3-5H2,1-2H3;;;;;;;;;;/q;;;;;;;;;;;+1;-1/p+1. The average Bonchev–Trinajstić information content (AvgIpc) is 2.69. The van der Waals surface area contributed by atoms with Crippen LogP contribution in [0.15, 0.2) is 0 Å². The Balaban J connectivity index is -0.0000000151. The van der Waals surface area contributed by atoms with Crippen LogP contribution in [0.5, 0.6) is 0 Å². The zero-order valence-corrected chi connectivity index (χ0v) is 47.1. The molecule has 1 radical (unpaired) electrons. The summed E-state index contributed by atoms with van der Waals surface area (Å²) >= 11 is 7.50. The minimum absolute atomic E-state index is 0. The van der Waals surface area contributed by atoms with Gasteiger partial charge in [-0.05, 0) is 12.8 Å². The third kappa shape index (κ3) is 134. The van der Waals surface area contributed by atoms with E-state index in [2.05, 4.69) is 27.7 Å². The molecule has 0 bridgehead atoms. The van der Waals surface area contributed by atoms with Crippen LogP contribution < -0.4 is 56.5 Å². The predicted molar refractivity (Wildman–Crippen MR) is 122 cm³/mol. The maximum absolute atomic E-state index is 9.76. The Morgan fingerprint density at radius 2 is 0.931 bits per heavy atom. The van der Waals surface area contributed by atoms with Gasteiger partial charge >= 0.3 is 250 Å². The molecule has 29 heavy (non-hydrogen) atoms. The molecule has 0 aliphatic rings. The summed E-state index contributed by atoms with van der Waals surface area (Å²) in [6.45, 7) is 10.9. The van der Waals surface area contributed by atoms with Gasteiger partial charge in [0.15, 0.2) is 0 Å². The van der Waals surface area contributed by atoms with Gasteiger partial charge in [-0.15, -0.1) is 0 Å². The van der Waals surface area contributed by atoms with Gasteiger partial charge in [-0.2, -0.15) is 9.59 Å². The van der Waals surface area contributed by atoms with Crippen molar-refractivity contribution >= 4 is 202 Å². The summed E-state index contributed by atoms with van der Waals surface area (Å²) in [6.07, 6.45) is 11.4. The average molecular weight is 823 g/mol. The van der Waals surface area contributed by atoms with Gasteiger partial charge in [-0.3, -0.25) is 0 Å². The van der Waals surface area contributed by atoms with Gasteiger partial charge < -0.3 is 11.3 Å². The zero-order valence-electron chi connectivity index (χ0n) is 25.1. The van der Waals surface area contributed by atoms with Crippen molar-refractivity contribution in [3.63, 3.8) is 0 Å². The first-order valence-corrected chi connectivity index (χ1v) is 59.2. The first-order chi connectivity index (χ1) is 13.0. The number of hydrogen-bond donors (Lipinski definition) is 0. The second kappa shape index (κ2) is 90.2. The summed E-state index contributed by atoms with van der Waals surface area (Å²) in [5.74, 6) is -0.932. The Labute approximate surface area is 373 Å². The molecule has 143 valence electrons. The molecule has 4 nitrogen and oxygen atoms in total. The van der Waals surface area contributed by atoms with Crippen LogP contribution >= 0.6 is 0 Å². The zero-order chi connectivity index (χ0) is 23.4. The second-order valence-electron chi connectivity index (χ2n) is 4.62. The van der Waals surface area contributed by atoms with E-state index < -0.39 is 5.97 Å². The molecular formula is C17H38AmK7O4+. The van der Waals surface area contributed by atoms with Gasteiger partial charge in [-0.1, -0.05) is 86.0 Å². The van der Waals surface area contributed by atoms with Crippen molar-refractivity contribution in [2.45, 2.75) is 98.8 Å². The van der Waals surface area contributed by atoms with E-state index in [4.69, 9.17) is 9.59 Å². The summed E-state index contributed by atoms with van der Waals surface area (Å²) in [6, 6.07) is 0. The summed E-state index contributed by atoms with van der Waals surface area (Å²) in [5.41, 5.74) is 0. The van der Waals surface area contributed by atoms with Gasteiger partial charge in [0.25, 0.3) is 0 Å². The van der Waals surface area contributed by atoms with E-state index in [1.807, 2.05) is 6.92 Å². The number of carbonyl (C=O) groups is 1. The molecule has 0 N–H and O–H groups in total. The summed E-state index contributed by atoms with van der Waals surface area (Å²) < 4.78 is 0. The van der Waals surface area contributed by atoms with Crippen LogP contribution in [0.3, 0.4) is 0 Å². The molecule has 0 aromatic rings. The first-order valence-electron chi connectivity index (χ1n) is 11.2. The number of rotatable bonds is 8.